The second-order valence-electron chi connectivity index (χ2n) is 13.2. The number of carbonyl (C=O) groups is 4. The van der Waals surface area contributed by atoms with E-state index in [1.54, 1.807) is 0 Å². The lowest BCUT2D eigenvalue weighted by molar-refractivity contribution is -0.127. The van der Waals surface area contributed by atoms with Crippen molar-refractivity contribution < 1.29 is 23.9 Å². The largest absolute Gasteiger partial charge is 0.457 e. The Hall–Kier alpha value is -4.20. The van der Waals surface area contributed by atoms with Gasteiger partial charge in [0.05, 0.1) is 0 Å². The van der Waals surface area contributed by atoms with E-state index in [1.165, 1.54) is 12.2 Å². The number of ether oxygens (including phenoxy) is 1. The first kappa shape index (κ1) is 31.2. The molecule has 2 aromatic carbocycles. The summed E-state index contributed by atoms with van der Waals surface area (Å²) in [5, 5.41) is 4.92. The van der Waals surface area contributed by atoms with Crippen LogP contribution in [0.1, 0.15) is 82.1 Å². The van der Waals surface area contributed by atoms with Crippen LogP contribution in [-0.4, -0.2) is 23.6 Å². The molecule has 8 heteroatoms. The number of unbranched alkanes of at least 4 members (excludes halogenated alkanes) is 1. The number of nitrogens with one attached hydrogen (secondary N) is 2. The van der Waals surface area contributed by atoms with Gasteiger partial charge in [-0.1, -0.05) is 40.2 Å². The molecule has 0 saturated heterocycles. The molecule has 4 N–H and O–H groups in total. The standard InChI is InChI=1S/C36H43N3O5/c1-7-8-9-23-16-26(21(4)15-30(23)44-25-10-11-29(37)22(5)14-25)36(28-18-32(41)39-34(28)43)19-24(20(2)3)12-13-35(36,6)27-17-31(40)38-33(27)42/h10-11,14-18,20,24H,7-9,12-13,19,37H2,1-6H3,(H,38,40,42)(H,39,41,43). The fourth-order valence-electron chi connectivity index (χ4n) is 7.53. The molecule has 3 atom stereocenters. The maximum Gasteiger partial charge on any atom is 0.255 e. The number of imide groups is 2. The van der Waals surface area contributed by atoms with E-state index in [9.17, 15) is 19.2 Å². The van der Waals surface area contributed by atoms with Gasteiger partial charge in [0.2, 0.25) is 0 Å². The lowest BCUT2D eigenvalue weighted by Gasteiger charge is -2.56. The number of benzene rings is 2. The van der Waals surface area contributed by atoms with Crippen molar-refractivity contribution in [1.82, 2.24) is 10.6 Å². The van der Waals surface area contributed by atoms with Gasteiger partial charge in [-0.05, 0) is 104 Å². The summed E-state index contributed by atoms with van der Waals surface area (Å²) < 4.78 is 6.48. The average molecular weight is 598 g/mol. The van der Waals surface area contributed by atoms with Gasteiger partial charge in [-0.25, -0.2) is 0 Å². The molecule has 232 valence electrons. The Labute approximate surface area is 259 Å². The zero-order valence-corrected chi connectivity index (χ0v) is 26.6. The predicted octanol–water partition coefficient (Wildman–Crippen LogP) is 5.89. The van der Waals surface area contributed by atoms with Crippen LogP contribution in [0.3, 0.4) is 0 Å². The zero-order chi connectivity index (χ0) is 32.0. The highest BCUT2D eigenvalue weighted by Gasteiger charge is 2.61. The molecule has 0 bridgehead atoms. The molecule has 8 nitrogen and oxygen atoms in total. The monoisotopic (exact) mass is 597 g/mol. The Bertz CT molecular complexity index is 1620. The number of hydrogen-bond donors (Lipinski definition) is 3. The molecule has 0 radical (unpaired) electrons. The highest BCUT2D eigenvalue weighted by Crippen LogP contribution is 2.63. The first-order valence-electron chi connectivity index (χ1n) is 15.6. The van der Waals surface area contributed by atoms with Crippen LogP contribution in [0.25, 0.3) is 0 Å². The van der Waals surface area contributed by atoms with Crippen molar-refractivity contribution in [1.29, 1.82) is 0 Å². The molecule has 1 fully saturated rings. The van der Waals surface area contributed by atoms with Crippen LogP contribution < -0.4 is 21.1 Å². The van der Waals surface area contributed by atoms with Crippen molar-refractivity contribution >= 4 is 29.3 Å². The van der Waals surface area contributed by atoms with E-state index >= 15 is 0 Å². The Morgan fingerprint density at radius 3 is 2.18 bits per heavy atom. The van der Waals surface area contributed by atoms with Crippen LogP contribution in [0, 0.1) is 31.1 Å². The topological polar surface area (TPSA) is 128 Å². The molecule has 1 saturated carbocycles. The van der Waals surface area contributed by atoms with Gasteiger partial charge in [0.1, 0.15) is 11.5 Å². The van der Waals surface area contributed by atoms with Crippen LogP contribution in [0.2, 0.25) is 0 Å². The zero-order valence-electron chi connectivity index (χ0n) is 26.6. The minimum atomic E-state index is -1.06. The highest BCUT2D eigenvalue weighted by atomic mass is 16.5. The van der Waals surface area contributed by atoms with E-state index < -0.39 is 34.5 Å². The van der Waals surface area contributed by atoms with Gasteiger partial charge in [-0.2, -0.15) is 0 Å². The molecular formula is C36H43N3O5. The van der Waals surface area contributed by atoms with Crippen molar-refractivity contribution in [2.75, 3.05) is 5.73 Å². The smallest absolute Gasteiger partial charge is 0.255 e. The Morgan fingerprint density at radius 1 is 0.955 bits per heavy atom. The van der Waals surface area contributed by atoms with Crippen LogP contribution >= 0.6 is 0 Å². The third-order valence-electron chi connectivity index (χ3n) is 10.2. The SMILES string of the molecule is CCCCc1cc(C2(C3=CC(=O)NC3=O)CC(C(C)C)CCC2(C)C2=CC(=O)NC2=O)c(C)cc1Oc1ccc(N)c(C)c1. The molecule has 0 aromatic heterocycles. The van der Waals surface area contributed by atoms with Crippen molar-refractivity contribution in [3.63, 3.8) is 0 Å². The van der Waals surface area contributed by atoms with Gasteiger partial charge in [0, 0.05) is 39.8 Å². The average Bonchev–Trinajstić information content (AvgIpc) is 3.49. The number of nitrogen functional groups attached to an aromatic ring is 1. The summed E-state index contributed by atoms with van der Waals surface area (Å²) in [4.78, 5) is 52.4. The van der Waals surface area contributed by atoms with Gasteiger partial charge in [-0.3, -0.25) is 29.8 Å². The maximum absolute atomic E-state index is 13.7. The van der Waals surface area contributed by atoms with Crippen LogP contribution in [0.5, 0.6) is 11.5 Å². The van der Waals surface area contributed by atoms with Gasteiger partial charge in [0.15, 0.2) is 0 Å². The third-order valence-corrected chi connectivity index (χ3v) is 10.2. The summed E-state index contributed by atoms with van der Waals surface area (Å²) in [5.41, 5.74) is 9.07. The number of carbonyl (C=O) groups excluding carboxylic acids is 4. The van der Waals surface area contributed by atoms with Crippen LogP contribution in [0.15, 0.2) is 53.6 Å². The first-order valence-corrected chi connectivity index (χ1v) is 15.6. The highest BCUT2D eigenvalue weighted by molar-refractivity contribution is 6.19. The molecule has 4 amide bonds. The summed E-state index contributed by atoms with van der Waals surface area (Å²) in [6.45, 7) is 12.4. The van der Waals surface area contributed by atoms with E-state index in [0.717, 1.165) is 47.9 Å². The van der Waals surface area contributed by atoms with Crippen LogP contribution in [0.4, 0.5) is 5.69 Å². The minimum absolute atomic E-state index is 0.209. The lowest BCUT2D eigenvalue weighted by atomic mass is 9.45. The summed E-state index contributed by atoms with van der Waals surface area (Å²) in [5.74, 6) is 0.0568. The van der Waals surface area contributed by atoms with E-state index in [2.05, 4.69) is 37.5 Å². The Balaban J connectivity index is 1.79. The van der Waals surface area contributed by atoms with E-state index in [0.29, 0.717) is 47.1 Å². The van der Waals surface area contributed by atoms with Gasteiger partial charge < -0.3 is 10.5 Å². The second-order valence-corrected chi connectivity index (χ2v) is 13.2. The number of amides is 4. The summed E-state index contributed by atoms with van der Waals surface area (Å²) >= 11 is 0. The molecule has 2 aliphatic heterocycles. The Kier molecular flexibility index (Phi) is 8.31. The number of rotatable bonds is 9. The van der Waals surface area contributed by atoms with E-state index in [-0.39, 0.29) is 5.92 Å². The van der Waals surface area contributed by atoms with Gasteiger partial charge in [-0.15, -0.1) is 0 Å². The number of aryl methyl sites for hydroxylation is 3. The summed E-state index contributed by atoms with van der Waals surface area (Å²) in [7, 11) is 0. The van der Waals surface area contributed by atoms with Gasteiger partial charge >= 0.3 is 0 Å². The van der Waals surface area contributed by atoms with E-state index in [1.807, 2.05) is 45.0 Å². The summed E-state index contributed by atoms with van der Waals surface area (Å²) in [6.07, 6.45) is 7.34. The molecule has 1 aliphatic carbocycles. The normalized spacial score (nSPS) is 25.2. The lowest BCUT2D eigenvalue weighted by Crippen LogP contribution is -2.54. The molecule has 5 rings (SSSR count). The van der Waals surface area contributed by atoms with E-state index in [4.69, 9.17) is 10.5 Å². The fraction of sp³-hybridized carbons (Fsp3) is 0.444. The minimum Gasteiger partial charge on any atom is -0.457 e. The van der Waals surface area contributed by atoms with Crippen molar-refractivity contribution in [2.24, 2.45) is 17.3 Å². The van der Waals surface area contributed by atoms with Crippen molar-refractivity contribution in [3.05, 3.63) is 75.9 Å². The number of anilines is 1. The number of nitrogens with two attached hydrogens (primary N) is 1. The van der Waals surface area contributed by atoms with Crippen molar-refractivity contribution in [3.8, 4) is 11.5 Å². The molecule has 3 unspecified atom stereocenters. The third kappa shape index (κ3) is 5.24. The second kappa shape index (κ2) is 11.7. The maximum atomic E-state index is 13.7. The molecular weight excluding hydrogens is 554 g/mol. The van der Waals surface area contributed by atoms with Crippen molar-refractivity contribution in [2.45, 2.75) is 85.5 Å². The Morgan fingerprint density at radius 2 is 1.61 bits per heavy atom. The van der Waals surface area contributed by atoms with Crippen LogP contribution in [-0.2, 0) is 31.0 Å². The summed E-state index contributed by atoms with van der Waals surface area (Å²) in [6, 6.07) is 9.73. The quantitative estimate of drug-likeness (QED) is 0.245. The fourth-order valence-corrected chi connectivity index (χ4v) is 7.53. The molecule has 44 heavy (non-hydrogen) atoms. The molecule has 0 spiro atoms. The molecule has 2 aromatic rings. The first-order chi connectivity index (χ1) is 20.8. The number of hydrogen-bond acceptors (Lipinski definition) is 6. The van der Waals surface area contributed by atoms with Gasteiger partial charge in [0.25, 0.3) is 23.6 Å². The predicted molar refractivity (Wildman–Crippen MR) is 170 cm³/mol. The molecule has 2 heterocycles. The molecule has 3 aliphatic rings.